The van der Waals surface area contributed by atoms with Crippen LogP contribution < -0.4 is 15.0 Å². The van der Waals surface area contributed by atoms with Crippen molar-refractivity contribution in [1.29, 1.82) is 0 Å². The van der Waals surface area contributed by atoms with Gasteiger partial charge >= 0.3 is 0 Å². The van der Waals surface area contributed by atoms with Crippen molar-refractivity contribution in [2.24, 2.45) is 5.92 Å². The number of nitrogens with one attached hydrogen (secondary N) is 1. The Morgan fingerprint density at radius 3 is 2.79 bits per heavy atom. The van der Waals surface area contributed by atoms with Crippen LogP contribution in [0.1, 0.15) is 20.3 Å². The van der Waals surface area contributed by atoms with E-state index < -0.39 is 0 Å². The predicted molar refractivity (Wildman–Crippen MR) is 94.3 cm³/mol. The Kier molecular flexibility index (Phi) is 6.61. The molecule has 0 aliphatic carbocycles. The van der Waals surface area contributed by atoms with Gasteiger partial charge in [0, 0.05) is 37.8 Å². The maximum absolute atomic E-state index is 12.3. The maximum atomic E-state index is 12.3. The highest BCUT2D eigenvalue weighted by Crippen LogP contribution is 2.27. The molecule has 1 atom stereocenters. The van der Waals surface area contributed by atoms with Crippen LogP contribution >= 0.6 is 0 Å². The Hall–Kier alpha value is -2.08. The fourth-order valence-electron chi connectivity index (χ4n) is 2.93. The Morgan fingerprint density at radius 1 is 1.38 bits per heavy atom. The zero-order valence-corrected chi connectivity index (χ0v) is 14.7. The van der Waals surface area contributed by atoms with Crippen LogP contribution in [0.2, 0.25) is 0 Å². The molecule has 24 heavy (non-hydrogen) atoms. The van der Waals surface area contributed by atoms with Crippen molar-refractivity contribution in [1.82, 2.24) is 10.2 Å². The van der Waals surface area contributed by atoms with Gasteiger partial charge in [0.2, 0.25) is 11.8 Å². The fraction of sp³-hybridized carbons (Fsp3) is 0.556. The third-order valence-electron chi connectivity index (χ3n) is 4.48. The van der Waals surface area contributed by atoms with E-state index in [0.29, 0.717) is 18.8 Å². The molecular formula is C18H27N3O3. The van der Waals surface area contributed by atoms with Crippen LogP contribution in [-0.4, -0.2) is 56.5 Å². The Balaban J connectivity index is 1.90. The number of amides is 2. The molecular weight excluding hydrogens is 306 g/mol. The Labute approximate surface area is 143 Å². The van der Waals surface area contributed by atoms with E-state index in [2.05, 4.69) is 24.1 Å². The molecule has 1 saturated heterocycles. The van der Waals surface area contributed by atoms with Gasteiger partial charge in [0.15, 0.2) is 0 Å². The van der Waals surface area contributed by atoms with Gasteiger partial charge in [0.25, 0.3) is 0 Å². The number of likely N-dealkylation sites (N-methyl/N-ethyl adjacent to an activating group) is 1. The van der Waals surface area contributed by atoms with Gasteiger partial charge in [-0.2, -0.15) is 0 Å². The molecule has 132 valence electrons. The zero-order chi connectivity index (χ0) is 17.5. The average molecular weight is 333 g/mol. The molecule has 0 bridgehead atoms. The summed E-state index contributed by atoms with van der Waals surface area (Å²) in [5.41, 5.74) is 0.776. The van der Waals surface area contributed by atoms with Crippen LogP contribution in [0, 0.1) is 5.92 Å². The van der Waals surface area contributed by atoms with Crippen molar-refractivity contribution in [2.75, 3.05) is 44.7 Å². The van der Waals surface area contributed by atoms with Crippen molar-refractivity contribution in [3.05, 3.63) is 24.3 Å². The molecule has 6 heteroatoms. The second-order valence-electron chi connectivity index (χ2n) is 5.92. The van der Waals surface area contributed by atoms with Crippen molar-refractivity contribution in [3.8, 4) is 5.75 Å². The Morgan fingerprint density at radius 2 is 2.12 bits per heavy atom. The zero-order valence-electron chi connectivity index (χ0n) is 14.7. The third-order valence-corrected chi connectivity index (χ3v) is 4.48. The number of benzene rings is 1. The van der Waals surface area contributed by atoms with Crippen molar-refractivity contribution in [3.63, 3.8) is 0 Å². The van der Waals surface area contributed by atoms with E-state index in [0.717, 1.165) is 25.3 Å². The van der Waals surface area contributed by atoms with E-state index in [4.69, 9.17) is 4.74 Å². The monoisotopic (exact) mass is 333 g/mol. The molecule has 1 fully saturated rings. The molecule has 1 N–H and O–H groups in total. The first-order valence-electron chi connectivity index (χ1n) is 8.53. The minimum atomic E-state index is -0.291. The summed E-state index contributed by atoms with van der Waals surface area (Å²) < 4.78 is 5.20. The summed E-state index contributed by atoms with van der Waals surface area (Å²) in [4.78, 5) is 28.5. The molecule has 0 radical (unpaired) electrons. The molecule has 1 aliphatic heterocycles. The number of anilines is 1. The number of rotatable bonds is 8. The normalized spacial score (nSPS) is 17.4. The molecule has 1 aliphatic rings. The van der Waals surface area contributed by atoms with E-state index in [1.54, 1.807) is 12.0 Å². The molecule has 0 saturated carbocycles. The van der Waals surface area contributed by atoms with Crippen LogP contribution in [-0.2, 0) is 9.59 Å². The number of ether oxygens (including phenoxy) is 1. The summed E-state index contributed by atoms with van der Waals surface area (Å²) in [6.45, 7) is 8.02. The summed E-state index contributed by atoms with van der Waals surface area (Å²) in [6.07, 6.45) is 0.258. The number of carbonyl (C=O) groups excluding carboxylic acids is 2. The molecule has 1 aromatic rings. The molecule has 2 rings (SSSR count). The number of hydrogen-bond donors (Lipinski definition) is 1. The van der Waals surface area contributed by atoms with Gasteiger partial charge in [-0.25, -0.2) is 0 Å². The molecule has 2 amide bonds. The molecule has 0 aromatic heterocycles. The van der Waals surface area contributed by atoms with E-state index in [9.17, 15) is 9.59 Å². The fourth-order valence-corrected chi connectivity index (χ4v) is 2.93. The molecule has 1 aromatic carbocycles. The van der Waals surface area contributed by atoms with Gasteiger partial charge in [-0.05, 0) is 25.2 Å². The standard InChI is InChI=1S/C18H27N3O3/c1-4-20(5-2)10-9-19-18(23)14-11-17(22)21(13-14)15-7-6-8-16(12-15)24-3/h6-8,12,14H,4-5,9-11,13H2,1-3H3,(H,19,23). The molecule has 0 spiro atoms. The predicted octanol–water partition coefficient (Wildman–Crippen LogP) is 1.51. The molecule has 6 nitrogen and oxygen atoms in total. The lowest BCUT2D eigenvalue weighted by Gasteiger charge is -2.19. The minimum absolute atomic E-state index is 0.0212. The van der Waals surface area contributed by atoms with E-state index in [1.165, 1.54) is 0 Å². The highest BCUT2D eigenvalue weighted by molar-refractivity contribution is 6.00. The minimum Gasteiger partial charge on any atom is -0.497 e. The second kappa shape index (κ2) is 8.68. The van der Waals surface area contributed by atoms with E-state index in [-0.39, 0.29) is 24.2 Å². The quantitative estimate of drug-likeness (QED) is 0.783. The number of methoxy groups -OCH3 is 1. The lowest BCUT2D eigenvalue weighted by Crippen LogP contribution is -2.38. The second-order valence-corrected chi connectivity index (χ2v) is 5.92. The Bertz CT molecular complexity index is 572. The van der Waals surface area contributed by atoms with Crippen LogP contribution in [0.4, 0.5) is 5.69 Å². The summed E-state index contributed by atoms with van der Waals surface area (Å²) >= 11 is 0. The van der Waals surface area contributed by atoms with Crippen LogP contribution in [0.3, 0.4) is 0 Å². The van der Waals surface area contributed by atoms with Crippen LogP contribution in [0.25, 0.3) is 0 Å². The van der Waals surface area contributed by atoms with Gasteiger partial charge in [0.1, 0.15) is 5.75 Å². The first kappa shape index (κ1) is 18.3. The van der Waals surface area contributed by atoms with Crippen LogP contribution in [0.5, 0.6) is 5.75 Å². The SMILES string of the molecule is CCN(CC)CCNC(=O)C1CC(=O)N(c2cccc(OC)c2)C1. The highest BCUT2D eigenvalue weighted by Gasteiger charge is 2.35. The third kappa shape index (κ3) is 4.47. The first-order valence-corrected chi connectivity index (χ1v) is 8.53. The maximum Gasteiger partial charge on any atom is 0.227 e. The van der Waals surface area contributed by atoms with Crippen LogP contribution in [0.15, 0.2) is 24.3 Å². The van der Waals surface area contributed by atoms with Gasteiger partial charge in [-0.1, -0.05) is 19.9 Å². The van der Waals surface area contributed by atoms with Gasteiger partial charge < -0.3 is 19.9 Å². The number of hydrogen-bond acceptors (Lipinski definition) is 4. The van der Waals surface area contributed by atoms with Crippen molar-refractivity contribution >= 4 is 17.5 Å². The number of carbonyl (C=O) groups is 2. The van der Waals surface area contributed by atoms with Gasteiger partial charge in [-0.3, -0.25) is 9.59 Å². The lowest BCUT2D eigenvalue weighted by atomic mass is 10.1. The highest BCUT2D eigenvalue weighted by atomic mass is 16.5. The van der Waals surface area contributed by atoms with Gasteiger partial charge in [0.05, 0.1) is 13.0 Å². The number of nitrogens with zero attached hydrogens (tertiary/aromatic N) is 2. The van der Waals surface area contributed by atoms with E-state index in [1.807, 2.05) is 24.3 Å². The summed E-state index contributed by atoms with van der Waals surface area (Å²) in [7, 11) is 1.59. The average Bonchev–Trinajstić information content (AvgIpc) is 3.00. The first-order chi connectivity index (χ1) is 11.6. The van der Waals surface area contributed by atoms with Crippen molar-refractivity contribution in [2.45, 2.75) is 20.3 Å². The summed E-state index contributed by atoms with van der Waals surface area (Å²) in [5, 5.41) is 2.95. The molecule has 1 heterocycles. The largest absolute Gasteiger partial charge is 0.497 e. The lowest BCUT2D eigenvalue weighted by molar-refractivity contribution is -0.126. The summed E-state index contributed by atoms with van der Waals surface area (Å²) in [5.74, 6) is 0.348. The smallest absolute Gasteiger partial charge is 0.227 e. The topological polar surface area (TPSA) is 61.9 Å². The summed E-state index contributed by atoms with van der Waals surface area (Å²) in [6, 6.07) is 7.36. The van der Waals surface area contributed by atoms with Gasteiger partial charge in [-0.15, -0.1) is 0 Å². The molecule has 1 unspecified atom stereocenters. The van der Waals surface area contributed by atoms with E-state index >= 15 is 0 Å². The van der Waals surface area contributed by atoms with Crippen molar-refractivity contribution < 1.29 is 14.3 Å².